The molecule has 0 amide bonds. The summed E-state index contributed by atoms with van der Waals surface area (Å²) < 4.78 is 33.8. The molecule has 0 saturated carbocycles. The zero-order valence-corrected chi connectivity index (χ0v) is 10.4. The summed E-state index contributed by atoms with van der Waals surface area (Å²) in [5.74, 6) is 0. The van der Waals surface area contributed by atoms with Crippen LogP contribution in [-0.4, -0.2) is 59.3 Å². The van der Waals surface area contributed by atoms with Gasteiger partial charge in [-0.05, 0) is 0 Å². The van der Waals surface area contributed by atoms with Crippen LogP contribution < -0.4 is 0 Å². The molecular formula is Al2GeO7Si. The van der Waals surface area contributed by atoms with Crippen LogP contribution in [0.2, 0.25) is 0 Å². The Balaban J connectivity index is -0.00000000400. The molecule has 0 fully saturated rings. The van der Waals surface area contributed by atoms with E-state index in [-0.39, 0.29) is 51.2 Å². The maximum absolute atomic E-state index is 8.50. The third-order valence-corrected chi connectivity index (χ3v) is 0. The summed E-state index contributed by atoms with van der Waals surface area (Å²) in [6.07, 6.45) is 0. The van der Waals surface area contributed by atoms with Crippen molar-refractivity contribution in [2.75, 3.05) is 0 Å². The Morgan fingerprint density at radius 3 is 0.818 bits per heavy atom. The summed E-state index contributed by atoms with van der Waals surface area (Å²) in [6, 6.07) is 0. The minimum absolute atomic E-state index is 0. The molecule has 0 radical (unpaired) electrons. The molecule has 0 heterocycles. The Hall–Kier alpha value is 0.905. The fourth-order valence-electron chi connectivity index (χ4n) is 0. The van der Waals surface area contributed by atoms with Crippen LogP contribution in [-0.2, 0) is 32.9 Å². The summed E-state index contributed by atoms with van der Waals surface area (Å²) in [4.78, 5) is 0. The first-order chi connectivity index (χ1) is 2.83. The summed E-state index contributed by atoms with van der Waals surface area (Å²) in [6.45, 7) is 0. The summed E-state index contributed by atoms with van der Waals surface area (Å²) in [5.41, 5.74) is 0. The number of hydrogen-bond acceptors (Lipinski definition) is 4. The Labute approximate surface area is 92.0 Å². The third-order valence-electron chi connectivity index (χ3n) is 0. The van der Waals surface area contributed by atoms with E-state index in [1.807, 2.05) is 0 Å². The average molecular weight is 267 g/mol. The van der Waals surface area contributed by atoms with Gasteiger partial charge in [-0.1, -0.05) is 0 Å². The van der Waals surface area contributed by atoms with Gasteiger partial charge in [0, 0.05) is 0 Å². The van der Waals surface area contributed by atoms with Crippen LogP contribution in [0.1, 0.15) is 0 Å². The van der Waals surface area contributed by atoms with E-state index < -0.39 is 24.6 Å². The molecule has 0 N–H and O–H groups in total. The quantitative estimate of drug-likeness (QED) is 0.450. The molecular weight excluding hydrogens is 267 g/mol. The van der Waals surface area contributed by atoms with E-state index in [0.29, 0.717) is 0 Å². The van der Waals surface area contributed by atoms with Gasteiger partial charge in [-0.25, -0.2) is 0 Å². The van der Waals surface area contributed by atoms with E-state index >= 15 is 0 Å². The molecule has 11 heavy (non-hydrogen) atoms. The van der Waals surface area contributed by atoms with Gasteiger partial charge in [0.25, 0.3) is 0 Å². The predicted octanol–water partition coefficient (Wildman–Crippen LogP) is -2.35. The summed E-state index contributed by atoms with van der Waals surface area (Å²) >= 11 is -2.00. The number of hydrogen-bond donors (Lipinski definition) is 0. The molecule has 0 aromatic rings. The molecule has 7 nitrogen and oxygen atoms in total. The van der Waals surface area contributed by atoms with Crippen LogP contribution in [0, 0.1) is 0 Å². The summed E-state index contributed by atoms with van der Waals surface area (Å²) in [5, 5.41) is 0. The molecule has 11 heteroatoms. The van der Waals surface area contributed by atoms with Gasteiger partial charge in [0.05, 0.1) is 0 Å². The van der Waals surface area contributed by atoms with E-state index in [4.69, 9.17) is 16.5 Å². The van der Waals surface area contributed by atoms with Crippen LogP contribution in [0.15, 0.2) is 0 Å². The first-order valence-corrected chi connectivity index (χ1v) is 3.35. The maximum atomic E-state index is 8.50. The van der Waals surface area contributed by atoms with Gasteiger partial charge < -0.3 is 16.4 Å². The fraction of sp³-hybridized carbons (Fsp3) is 0. The molecule has 0 atom stereocenters. The molecule has 0 spiro atoms. The molecule has 0 unspecified atom stereocenters. The van der Waals surface area contributed by atoms with Crippen LogP contribution >= 0.6 is 0 Å². The van der Waals surface area contributed by atoms with Crippen molar-refractivity contribution >= 4 is 59.3 Å². The van der Waals surface area contributed by atoms with Crippen molar-refractivity contribution in [1.82, 2.24) is 0 Å². The van der Waals surface area contributed by atoms with Gasteiger partial charge in [-0.15, -0.1) is 0 Å². The zero-order chi connectivity index (χ0) is 5.41. The van der Waals surface area contributed by atoms with Crippen LogP contribution in [0.4, 0.5) is 0 Å². The van der Waals surface area contributed by atoms with E-state index in [1.165, 1.54) is 0 Å². The van der Waals surface area contributed by atoms with E-state index in [1.54, 1.807) is 0 Å². The van der Waals surface area contributed by atoms with Crippen molar-refractivity contribution in [2.24, 2.45) is 0 Å². The van der Waals surface area contributed by atoms with Gasteiger partial charge in [0.1, 0.15) is 0 Å². The number of rotatable bonds is 0. The molecule has 0 aliphatic rings. The first kappa shape index (κ1) is 58.8. The van der Waals surface area contributed by atoms with Crippen molar-refractivity contribution in [3.63, 3.8) is 0 Å². The van der Waals surface area contributed by atoms with Crippen molar-refractivity contribution in [2.45, 2.75) is 0 Å². The van der Waals surface area contributed by atoms with E-state index in [0.717, 1.165) is 0 Å². The van der Waals surface area contributed by atoms with Crippen LogP contribution in [0.3, 0.4) is 0 Å². The minimum atomic E-state index is -2.00. The van der Waals surface area contributed by atoms with Crippen molar-refractivity contribution in [3.8, 4) is 0 Å². The Morgan fingerprint density at radius 1 is 0.818 bits per heavy atom. The molecule has 0 bridgehead atoms. The van der Waals surface area contributed by atoms with Crippen molar-refractivity contribution in [1.29, 1.82) is 0 Å². The second-order valence-electron chi connectivity index (χ2n) is 0.167. The van der Waals surface area contributed by atoms with Gasteiger partial charge >= 0.3 is 66.9 Å². The van der Waals surface area contributed by atoms with Crippen molar-refractivity contribution < 1.29 is 32.9 Å². The second-order valence-corrected chi connectivity index (χ2v) is 0.683. The molecule has 0 aromatic carbocycles. The predicted molar refractivity (Wildman–Crippen MR) is 27.8 cm³/mol. The van der Waals surface area contributed by atoms with Crippen LogP contribution in [0.25, 0.3) is 0 Å². The standard InChI is InChI=1S/2Al.GeO2.O2Si.3O/c;;2-1-3;1-3-2;;;/q2*+3;;;3*-2. The van der Waals surface area contributed by atoms with Gasteiger partial charge in [0.2, 0.25) is 0 Å². The van der Waals surface area contributed by atoms with E-state index in [9.17, 15) is 0 Å². The molecule has 0 rings (SSSR count). The molecule has 0 aromatic heterocycles. The topological polar surface area (TPSA) is 154 Å². The average Bonchev–Trinajstić information content (AvgIpc) is 1.39. The van der Waals surface area contributed by atoms with E-state index in [2.05, 4.69) is 0 Å². The SMILES string of the molecule is O=[Si]=O.[Al+3].[Al+3].[O-2].[O-2].[O-2].[O]=[Ge]=[O]. The monoisotopic (exact) mass is 268 g/mol. The van der Waals surface area contributed by atoms with Crippen molar-refractivity contribution in [3.05, 3.63) is 0 Å². The Bertz CT molecular complexity index is 70.4. The van der Waals surface area contributed by atoms with Gasteiger partial charge in [0.15, 0.2) is 0 Å². The third kappa shape index (κ3) is 1060. The summed E-state index contributed by atoms with van der Waals surface area (Å²) in [7, 11) is -1.42. The van der Waals surface area contributed by atoms with Gasteiger partial charge in [-0.3, -0.25) is 8.92 Å². The molecule has 0 aliphatic carbocycles. The molecule has 0 saturated heterocycles. The Kier molecular flexibility index (Phi) is 678. The van der Waals surface area contributed by atoms with Gasteiger partial charge in [-0.2, -0.15) is 0 Å². The normalized spacial score (nSPS) is 1.45. The molecule has 56 valence electrons. The zero-order valence-electron chi connectivity index (χ0n) is 5.01. The molecule has 0 aliphatic heterocycles. The Morgan fingerprint density at radius 2 is 0.818 bits per heavy atom. The van der Waals surface area contributed by atoms with Crippen LogP contribution in [0.5, 0.6) is 0 Å². The first-order valence-electron chi connectivity index (χ1n) is 0.816. The fourth-order valence-corrected chi connectivity index (χ4v) is 0. The second kappa shape index (κ2) is 127.